The summed E-state index contributed by atoms with van der Waals surface area (Å²) >= 11 is 5.43. The number of fused-ring (bicyclic) bond motifs is 1. The Hall–Kier alpha value is -3.19. The van der Waals surface area contributed by atoms with Gasteiger partial charge in [-0.25, -0.2) is 0 Å². The first-order valence-electron chi connectivity index (χ1n) is 10.5. The van der Waals surface area contributed by atoms with Gasteiger partial charge in [0.15, 0.2) is 4.77 Å². The molecular formula is C24H25N3O3S. The molecule has 2 aromatic carbocycles. The van der Waals surface area contributed by atoms with Gasteiger partial charge in [0.1, 0.15) is 5.75 Å². The quantitative estimate of drug-likeness (QED) is 0.436. The van der Waals surface area contributed by atoms with Crippen molar-refractivity contribution in [3.05, 3.63) is 74.8 Å². The van der Waals surface area contributed by atoms with Crippen molar-refractivity contribution in [3.8, 4) is 11.4 Å². The number of benzene rings is 2. The molecule has 1 heterocycles. The van der Waals surface area contributed by atoms with E-state index in [1.54, 1.807) is 49.6 Å². The van der Waals surface area contributed by atoms with E-state index >= 15 is 0 Å². The number of hydrogen-bond donors (Lipinski definition) is 2. The number of aromatic nitrogens is 2. The van der Waals surface area contributed by atoms with Crippen molar-refractivity contribution in [2.75, 3.05) is 13.7 Å². The lowest BCUT2D eigenvalue weighted by molar-refractivity contribution is 0.0954. The summed E-state index contributed by atoms with van der Waals surface area (Å²) in [7, 11) is 1.59. The van der Waals surface area contributed by atoms with Gasteiger partial charge in [0.05, 0.1) is 23.7 Å². The molecule has 0 bridgehead atoms. The maximum absolute atomic E-state index is 13.1. The van der Waals surface area contributed by atoms with Crippen molar-refractivity contribution in [1.29, 1.82) is 0 Å². The van der Waals surface area contributed by atoms with E-state index in [2.05, 4.69) is 16.4 Å². The Morgan fingerprint density at radius 3 is 2.71 bits per heavy atom. The SMILES string of the molecule is COc1ccc(-n2c(=S)[nH]c3cc(C(=O)NCCC4=CCCCC4)ccc3c2=O)cc1. The average Bonchev–Trinajstić information content (AvgIpc) is 2.80. The highest BCUT2D eigenvalue weighted by atomic mass is 32.1. The van der Waals surface area contributed by atoms with Gasteiger partial charge in [-0.1, -0.05) is 11.6 Å². The number of aromatic amines is 1. The van der Waals surface area contributed by atoms with Crippen LogP contribution in [0.25, 0.3) is 16.6 Å². The van der Waals surface area contributed by atoms with Crippen LogP contribution in [0.5, 0.6) is 5.75 Å². The van der Waals surface area contributed by atoms with E-state index in [-0.39, 0.29) is 16.2 Å². The second kappa shape index (κ2) is 9.31. The van der Waals surface area contributed by atoms with Gasteiger partial charge in [-0.3, -0.25) is 14.2 Å². The van der Waals surface area contributed by atoms with Crippen LogP contribution in [0.4, 0.5) is 0 Å². The summed E-state index contributed by atoms with van der Waals surface area (Å²) in [6.45, 7) is 0.609. The molecule has 1 amide bonds. The normalized spacial score (nSPS) is 13.6. The lowest BCUT2D eigenvalue weighted by atomic mass is 9.97. The van der Waals surface area contributed by atoms with Gasteiger partial charge in [0, 0.05) is 12.1 Å². The van der Waals surface area contributed by atoms with Gasteiger partial charge >= 0.3 is 0 Å². The van der Waals surface area contributed by atoms with Crippen molar-refractivity contribution in [3.63, 3.8) is 0 Å². The molecule has 3 aromatic rings. The summed E-state index contributed by atoms with van der Waals surface area (Å²) in [4.78, 5) is 28.7. The van der Waals surface area contributed by atoms with Crippen LogP contribution in [0, 0.1) is 4.77 Å². The molecule has 2 N–H and O–H groups in total. The Morgan fingerprint density at radius 2 is 2.00 bits per heavy atom. The van der Waals surface area contributed by atoms with Crippen molar-refractivity contribution in [1.82, 2.24) is 14.9 Å². The number of nitrogens with zero attached hydrogens (tertiary/aromatic N) is 1. The van der Waals surface area contributed by atoms with Gasteiger partial charge in [-0.15, -0.1) is 0 Å². The molecule has 0 unspecified atom stereocenters. The topological polar surface area (TPSA) is 76.1 Å². The highest BCUT2D eigenvalue weighted by Gasteiger charge is 2.12. The van der Waals surface area contributed by atoms with Gasteiger partial charge in [0.2, 0.25) is 0 Å². The van der Waals surface area contributed by atoms with E-state index in [9.17, 15) is 9.59 Å². The third-order valence-corrected chi connectivity index (χ3v) is 5.89. The van der Waals surface area contributed by atoms with Crippen LogP contribution < -0.4 is 15.6 Å². The van der Waals surface area contributed by atoms with E-state index < -0.39 is 0 Å². The summed E-state index contributed by atoms with van der Waals surface area (Å²) < 4.78 is 6.88. The maximum Gasteiger partial charge on any atom is 0.266 e. The van der Waals surface area contributed by atoms with E-state index in [4.69, 9.17) is 17.0 Å². The summed E-state index contributed by atoms with van der Waals surface area (Å²) in [5.41, 5.74) is 2.88. The average molecular weight is 436 g/mol. The number of carbonyl (C=O) groups is 1. The summed E-state index contributed by atoms with van der Waals surface area (Å²) in [5.74, 6) is 0.542. The zero-order chi connectivity index (χ0) is 21.8. The number of H-pyrrole nitrogens is 1. The minimum absolute atomic E-state index is 0.156. The molecule has 0 atom stereocenters. The monoisotopic (exact) mass is 435 g/mol. The van der Waals surface area contributed by atoms with Crippen molar-refractivity contribution in [2.45, 2.75) is 32.1 Å². The molecule has 4 rings (SSSR count). The highest BCUT2D eigenvalue weighted by molar-refractivity contribution is 7.71. The summed E-state index contributed by atoms with van der Waals surface area (Å²) in [6.07, 6.45) is 7.93. The van der Waals surface area contributed by atoms with E-state index in [1.165, 1.54) is 23.0 Å². The van der Waals surface area contributed by atoms with Gasteiger partial charge in [0.25, 0.3) is 11.5 Å². The minimum atomic E-state index is -0.236. The lowest BCUT2D eigenvalue weighted by Crippen LogP contribution is -2.25. The molecule has 31 heavy (non-hydrogen) atoms. The predicted octanol–water partition coefficient (Wildman–Crippen LogP) is 4.68. The number of allylic oxidation sites excluding steroid dienone is 1. The zero-order valence-corrected chi connectivity index (χ0v) is 18.3. The van der Waals surface area contributed by atoms with Crippen LogP contribution in [0.2, 0.25) is 0 Å². The molecule has 0 saturated carbocycles. The number of carbonyl (C=O) groups excluding carboxylic acids is 1. The number of hydrogen-bond acceptors (Lipinski definition) is 4. The fourth-order valence-electron chi connectivity index (χ4n) is 3.90. The molecule has 0 spiro atoms. The largest absolute Gasteiger partial charge is 0.497 e. The molecule has 7 heteroatoms. The van der Waals surface area contributed by atoms with Gasteiger partial charge in [-0.05, 0) is 86.8 Å². The number of amides is 1. The Bertz CT molecular complexity index is 1260. The molecule has 0 aliphatic heterocycles. The van der Waals surface area contributed by atoms with Crippen LogP contribution >= 0.6 is 12.2 Å². The number of ether oxygens (including phenoxy) is 1. The summed E-state index contributed by atoms with van der Waals surface area (Å²) in [6, 6.07) is 12.1. The van der Waals surface area contributed by atoms with Crippen molar-refractivity contribution < 1.29 is 9.53 Å². The summed E-state index contributed by atoms with van der Waals surface area (Å²) in [5, 5.41) is 3.44. The van der Waals surface area contributed by atoms with E-state index in [0.29, 0.717) is 34.4 Å². The molecule has 0 fully saturated rings. The molecule has 1 aliphatic carbocycles. The number of nitrogens with one attached hydrogen (secondary N) is 2. The fraction of sp³-hybridized carbons (Fsp3) is 0.292. The molecule has 0 radical (unpaired) electrons. The first-order valence-corrected chi connectivity index (χ1v) is 10.9. The van der Waals surface area contributed by atoms with Crippen LogP contribution in [-0.2, 0) is 0 Å². The van der Waals surface area contributed by atoms with Crippen LogP contribution in [0.15, 0.2) is 58.9 Å². The number of rotatable bonds is 6. The molecule has 1 aromatic heterocycles. The number of methoxy groups -OCH3 is 1. The second-order valence-electron chi connectivity index (χ2n) is 7.64. The third-order valence-electron chi connectivity index (χ3n) is 5.61. The predicted molar refractivity (Wildman–Crippen MR) is 125 cm³/mol. The van der Waals surface area contributed by atoms with Crippen molar-refractivity contribution in [2.24, 2.45) is 0 Å². The van der Waals surface area contributed by atoms with Crippen LogP contribution in [-0.4, -0.2) is 29.1 Å². The molecule has 1 aliphatic rings. The van der Waals surface area contributed by atoms with E-state index in [0.717, 1.165) is 19.3 Å². The molecular weight excluding hydrogens is 410 g/mol. The Kier molecular flexibility index (Phi) is 6.32. The molecule has 0 saturated heterocycles. The first kappa shape index (κ1) is 21.1. The molecule has 160 valence electrons. The maximum atomic E-state index is 13.1. The Labute approximate surface area is 185 Å². The van der Waals surface area contributed by atoms with Crippen LogP contribution in [0.1, 0.15) is 42.5 Å². The zero-order valence-electron chi connectivity index (χ0n) is 17.4. The van der Waals surface area contributed by atoms with Gasteiger partial charge in [-0.2, -0.15) is 0 Å². The van der Waals surface area contributed by atoms with Crippen molar-refractivity contribution >= 4 is 29.0 Å². The fourth-order valence-corrected chi connectivity index (χ4v) is 4.19. The van der Waals surface area contributed by atoms with E-state index in [1.807, 2.05) is 0 Å². The van der Waals surface area contributed by atoms with Crippen LogP contribution in [0.3, 0.4) is 0 Å². The second-order valence-corrected chi connectivity index (χ2v) is 8.03. The first-order chi connectivity index (χ1) is 15.1. The minimum Gasteiger partial charge on any atom is -0.497 e. The molecule has 6 nitrogen and oxygen atoms in total. The Morgan fingerprint density at radius 1 is 1.19 bits per heavy atom. The smallest absolute Gasteiger partial charge is 0.266 e. The Balaban J connectivity index is 1.56. The van der Waals surface area contributed by atoms with Gasteiger partial charge < -0.3 is 15.0 Å². The highest BCUT2D eigenvalue weighted by Crippen LogP contribution is 2.20. The lowest BCUT2D eigenvalue weighted by Gasteiger charge is -2.13. The standard InChI is InChI=1S/C24H25N3O3S/c1-30-19-10-8-18(9-11-19)27-23(29)20-12-7-17(15-21(20)26-24(27)31)22(28)25-14-13-16-5-3-2-4-6-16/h5,7-12,15H,2-4,6,13-14H2,1H3,(H,25,28)(H,26,31). The third kappa shape index (κ3) is 4.61.